The Labute approximate surface area is 231 Å². The van der Waals surface area contributed by atoms with Gasteiger partial charge in [-0.05, 0) is 67.9 Å². The molecule has 0 saturated carbocycles. The van der Waals surface area contributed by atoms with Crippen molar-refractivity contribution in [1.29, 1.82) is 0 Å². The van der Waals surface area contributed by atoms with Gasteiger partial charge in [-0.1, -0.05) is 11.6 Å². The minimum atomic E-state index is -0.626. The monoisotopic (exact) mass is 592 g/mol. The number of methoxy groups -OCH3 is 1. The third kappa shape index (κ3) is 6.09. The molecule has 1 aliphatic heterocycles. The van der Waals surface area contributed by atoms with E-state index < -0.39 is 6.10 Å². The van der Waals surface area contributed by atoms with E-state index in [1.165, 1.54) is 0 Å². The number of anilines is 1. The molecule has 37 heavy (non-hydrogen) atoms. The summed E-state index contributed by atoms with van der Waals surface area (Å²) in [5, 5.41) is 18.1. The van der Waals surface area contributed by atoms with Crippen LogP contribution in [0.4, 0.5) is 5.82 Å². The Balaban J connectivity index is 1.80. The quantitative estimate of drug-likeness (QED) is 0.382. The zero-order valence-corrected chi connectivity index (χ0v) is 24.2. The number of ether oxygens (including phenoxy) is 2. The van der Waals surface area contributed by atoms with E-state index in [-0.39, 0.29) is 12.7 Å². The second-order valence-corrected chi connectivity index (χ2v) is 10.5. The van der Waals surface area contributed by atoms with Crippen LogP contribution in [0.15, 0.2) is 22.8 Å². The van der Waals surface area contributed by atoms with Gasteiger partial charge in [0, 0.05) is 50.5 Å². The zero-order valence-electron chi connectivity index (χ0n) is 21.9. The van der Waals surface area contributed by atoms with Gasteiger partial charge in [0.2, 0.25) is 0 Å². The maximum absolute atomic E-state index is 10.1. The van der Waals surface area contributed by atoms with Crippen molar-refractivity contribution >= 4 is 33.3 Å². The first kappa shape index (κ1) is 27.8. The van der Waals surface area contributed by atoms with Crippen molar-refractivity contribution in [3.63, 3.8) is 0 Å². The van der Waals surface area contributed by atoms with Crippen molar-refractivity contribution in [2.75, 3.05) is 45.3 Å². The molecule has 3 aromatic rings. The van der Waals surface area contributed by atoms with Gasteiger partial charge in [0.1, 0.15) is 28.9 Å². The number of piperidine rings is 1. The topological polar surface area (TPSA) is 97.6 Å². The van der Waals surface area contributed by atoms with E-state index in [0.29, 0.717) is 28.7 Å². The van der Waals surface area contributed by atoms with Crippen LogP contribution < -0.4 is 15.0 Å². The van der Waals surface area contributed by atoms with Gasteiger partial charge in [-0.15, -0.1) is 0 Å². The Bertz CT molecular complexity index is 1250. The van der Waals surface area contributed by atoms with E-state index in [2.05, 4.69) is 38.2 Å². The van der Waals surface area contributed by atoms with E-state index in [0.717, 1.165) is 58.9 Å². The Kier molecular flexibility index (Phi) is 9.07. The number of benzene rings is 1. The molecule has 4 rings (SSSR count). The summed E-state index contributed by atoms with van der Waals surface area (Å²) < 4.78 is 14.0. The van der Waals surface area contributed by atoms with E-state index >= 15 is 0 Å². The van der Waals surface area contributed by atoms with Crippen LogP contribution in [0, 0.1) is 13.8 Å². The summed E-state index contributed by atoms with van der Waals surface area (Å²) in [4.78, 5) is 12.3. The number of hydrogen-bond acceptors (Lipinski definition) is 8. The van der Waals surface area contributed by atoms with E-state index in [4.69, 9.17) is 31.0 Å². The number of likely N-dealkylation sites (N-methyl/N-ethyl adjacent to an activating group) is 1. The average Bonchev–Trinajstić information content (AvgIpc) is 3.14. The van der Waals surface area contributed by atoms with Crippen LogP contribution in [0.3, 0.4) is 0 Å². The molecule has 0 bridgehead atoms. The first-order valence-electron chi connectivity index (χ1n) is 12.3. The summed E-state index contributed by atoms with van der Waals surface area (Å²) in [5.74, 6) is 1.97. The summed E-state index contributed by atoms with van der Waals surface area (Å²) in [6.07, 6.45) is 1.49. The highest BCUT2D eigenvalue weighted by Crippen LogP contribution is 2.37. The van der Waals surface area contributed by atoms with Gasteiger partial charge >= 0.3 is 0 Å². The Morgan fingerprint density at radius 1 is 1.22 bits per heavy atom. The van der Waals surface area contributed by atoms with Crippen LogP contribution in [0.5, 0.6) is 5.75 Å². The molecule has 0 aliphatic carbocycles. The van der Waals surface area contributed by atoms with Crippen LogP contribution in [-0.4, -0.2) is 77.5 Å². The lowest BCUT2D eigenvalue weighted by Gasteiger charge is -2.33. The number of nitrogens with zero attached hydrogens (tertiary/aromatic N) is 5. The van der Waals surface area contributed by atoms with E-state index in [1.54, 1.807) is 26.3 Å². The van der Waals surface area contributed by atoms with Crippen molar-refractivity contribution in [2.45, 2.75) is 38.9 Å². The molecule has 9 nitrogen and oxygen atoms in total. The van der Waals surface area contributed by atoms with Gasteiger partial charge in [-0.3, -0.25) is 4.68 Å². The number of hydrogen-bond donors (Lipinski definition) is 2. The molecule has 2 N–H and O–H groups in total. The van der Waals surface area contributed by atoms with Gasteiger partial charge in [0.25, 0.3) is 0 Å². The number of aliphatic hydroxyl groups excluding tert-OH is 1. The fourth-order valence-electron chi connectivity index (χ4n) is 4.65. The first-order chi connectivity index (χ1) is 17.7. The van der Waals surface area contributed by atoms with Crippen LogP contribution in [0.2, 0.25) is 5.02 Å². The molecule has 11 heteroatoms. The van der Waals surface area contributed by atoms with Gasteiger partial charge in [0.15, 0.2) is 5.82 Å². The van der Waals surface area contributed by atoms with Crippen molar-refractivity contribution in [1.82, 2.24) is 25.1 Å². The number of rotatable bonds is 9. The largest absolute Gasteiger partial charge is 0.491 e. The Hall–Kier alpha value is -2.24. The normalized spacial score (nSPS) is 15.3. The van der Waals surface area contributed by atoms with Crippen LogP contribution in [0.1, 0.15) is 24.0 Å². The Morgan fingerprint density at radius 3 is 2.57 bits per heavy atom. The van der Waals surface area contributed by atoms with Crippen molar-refractivity contribution in [2.24, 2.45) is 7.05 Å². The standard InChI is InChI=1S/C26H34BrClN6O3/c1-15-22(23-16(2)24(27)32-33(23)4)30-25(31-26(15)34-10-8-18(36-5)9-11-34)20-12-19(6-7-21(20)28)37-14-17(35)13-29-3/h6-7,12,17-18,29,35H,8-11,13-14H2,1-5H3/t17-/m1/s1. The van der Waals surface area contributed by atoms with Crippen molar-refractivity contribution in [3.8, 4) is 28.5 Å². The highest BCUT2D eigenvalue weighted by molar-refractivity contribution is 9.10. The molecule has 1 atom stereocenters. The van der Waals surface area contributed by atoms with Crippen LogP contribution in [0.25, 0.3) is 22.8 Å². The second-order valence-electron chi connectivity index (χ2n) is 9.32. The molecule has 0 unspecified atom stereocenters. The number of aliphatic hydroxyl groups is 1. The zero-order chi connectivity index (χ0) is 26.7. The van der Waals surface area contributed by atoms with Crippen molar-refractivity contribution < 1.29 is 14.6 Å². The lowest BCUT2D eigenvalue weighted by atomic mass is 10.0. The molecule has 0 spiro atoms. The predicted octanol–water partition coefficient (Wildman–Crippen LogP) is 4.15. The molecule has 2 aromatic heterocycles. The minimum Gasteiger partial charge on any atom is -0.491 e. The fourth-order valence-corrected chi connectivity index (χ4v) is 5.28. The van der Waals surface area contributed by atoms with E-state index in [1.807, 2.05) is 24.7 Å². The number of aryl methyl sites for hydroxylation is 1. The molecule has 1 aromatic carbocycles. The highest BCUT2D eigenvalue weighted by Gasteiger charge is 2.26. The van der Waals surface area contributed by atoms with Gasteiger partial charge < -0.3 is 24.8 Å². The maximum Gasteiger partial charge on any atom is 0.163 e. The molecule has 0 radical (unpaired) electrons. The molecule has 200 valence electrons. The summed E-state index contributed by atoms with van der Waals surface area (Å²) >= 11 is 10.2. The number of nitrogens with one attached hydrogen (secondary N) is 1. The summed E-state index contributed by atoms with van der Waals surface area (Å²) in [5.41, 5.74) is 4.37. The van der Waals surface area contributed by atoms with Crippen molar-refractivity contribution in [3.05, 3.63) is 39.0 Å². The molecular formula is C26H34BrClN6O3. The SMILES string of the molecule is CNC[C@@H](O)COc1ccc(Cl)c(-c2nc(-c3c(C)c(Br)nn3C)c(C)c(N3CCC(OC)CC3)n2)c1. The summed E-state index contributed by atoms with van der Waals surface area (Å²) in [7, 11) is 5.47. The second kappa shape index (κ2) is 12.1. The molecular weight excluding hydrogens is 560 g/mol. The van der Waals surface area contributed by atoms with Gasteiger partial charge in [0.05, 0.1) is 22.5 Å². The lowest BCUT2D eigenvalue weighted by molar-refractivity contribution is 0.0818. The fraction of sp³-hybridized carbons (Fsp3) is 0.500. The third-order valence-corrected chi connectivity index (χ3v) is 7.79. The summed E-state index contributed by atoms with van der Waals surface area (Å²) in [6.45, 7) is 6.35. The molecule has 1 aliphatic rings. The third-order valence-electron chi connectivity index (χ3n) is 6.71. The smallest absolute Gasteiger partial charge is 0.163 e. The average molecular weight is 594 g/mol. The van der Waals surface area contributed by atoms with Crippen LogP contribution in [-0.2, 0) is 11.8 Å². The first-order valence-corrected chi connectivity index (χ1v) is 13.5. The van der Waals surface area contributed by atoms with Crippen LogP contribution >= 0.6 is 27.5 Å². The minimum absolute atomic E-state index is 0.157. The van der Waals surface area contributed by atoms with Gasteiger partial charge in [-0.25, -0.2) is 9.97 Å². The summed E-state index contributed by atoms with van der Waals surface area (Å²) in [6, 6.07) is 5.39. The molecule has 0 amide bonds. The van der Waals surface area contributed by atoms with Gasteiger partial charge in [-0.2, -0.15) is 5.10 Å². The Morgan fingerprint density at radius 2 is 1.95 bits per heavy atom. The maximum atomic E-state index is 10.1. The molecule has 3 heterocycles. The predicted molar refractivity (Wildman–Crippen MR) is 150 cm³/mol. The lowest BCUT2D eigenvalue weighted by Crippen LogP contribution is -2.37. The van der Waals surface area contributed by atoms with E-state index in [9.17, 15) is 5.11 Å². The highest BCUT2D eigenvalue weighted by atomic mass is 79.9. The molecule has 1 fully saturated rings. The number of halogens is 2. The number of aromatic nitrogens is 4. The molecule has 1 saturated heterocycles.